The van der Waals surface area contributed by atoms with Gasteiger partial charge in [0, 0.05) is 11.2 Å². The maximum Gasteiger partial charge on any atom is 0.261 e. The number of thiophene rings is 1. The van der Waals surface area contributed by atoms with Crippen LogP contribution in [0.1, 0.15) is 31.8 Å². The predicted molar refractivity (Wildman–Crippen MR) is 92.0 cm³/mol. The fourth-order valence-electron chi connectivity index (χ4n) is 3.19. The molecule has 3 nitrogen and oxygen atoms in total. The largest absolute Gasteiger partial charge is 0.274 e. The zero-order valence-electron chi connectivity index (χ0n) is 13.0. The second-order valence-corrected chi connectivity index (χ2v) is 6.80. The Kier molecular flexibility index (Phi) is 3.46. The van der Waals surface area contributed by atoms with Crippen molar-refractivity contribution in [3.05, 3.63) is 69.8 Å². The third-order valence-corrected chi connectivity index (χ3v) is 5.57. The van der Waals surface area contributed by atoms with Crippen molar-refractivity contribution in [1.29, 1.82) is 0 Å². The molecule has 2 amide bonds. The molecule has 120 valence electrons. The van der Waals surface area contributed by atoms with Gasteiger partial charge in [-0.05, 0) is 59.5 Å². The van der Waals surface area contributed by atoms with Crippen molar-refractivity contribution in [1.82, 2.24) is 4.90 Å². The van der Waals surface area contributed by atoms with Crippen LogP contribution in [0.25, 0.3) is 10.1 Å². The van der Waals surface area contributed by atoms with Gasteiger partial charge in [-0.2, -0.15) is 0 Å². The number of fused-ring (bicyclic) bond motifs is 2. The predicted octanol–water partition coefficient (Wildman–Crippen LogP) is 4.19. The standard InChI is InChI=1S/C19H14FNO2S/c1-11-8-13(20)9-16-12(10-24-17(11)16)6-7-21-18(22)14-4-2-3-5-15(14)19(21)23/h2-5,8-10H,6-7H2,1H3. The molecule has 2 aromatic carbocycles. The summed E-state index contributed by atoms with van der Waals surface area (Å²) in [7, 11) is 0. The highest BCUT2D eigenvalue weighted by Crippen LogP contribution is 2.31. The molecule has 0 unspecified atom stereocenters. The molecule has 0 aliphatic carbocycles. The van der Waals surface area contributed by atoms with E-state index in [0.29, 0.717) is 24.1 Å². The Balaban J connectivity index is 1.61. The summed E-state index contributed by atoms with van der Waals surface area (Å²) in [6, 6.07) is 9.91. The summed E-state index contributed by atoms with van der Waals surface area (Å²) in [5.74, 6) is -0.768. The van der Waals surface area contributed by atoms with Crippen molar-refractivity contribution in [2.24, 2.45) is 0 Å². The van der Waals surface area contributed by atoms with Crippen LogP contribution in [0.15, 0.2) is 41.8 Å². The van der Waals surface area contributed by atoms with Crippen molar-refractivity contribution in [2.75, 3.05) is 6.54 Å². The van der Waals surface area contributed by atoms with Crippen LogP contribution < -0.4 is 0 Å². The topological polar surface area (TPSA) is 37.4 Å². The number of benzene rings is 2. The molecular formula is C19H14FNO2S. The van der Waals surface area contributed by atoms with Gasteiger partial charge in [-0.25, -0.2) is 4.39 Å². The molecule has 0 radical (unpaired) electrons. The van der Waals surface area contributed by atoms with E-state index in [9.17, 15) is 14.0 Å². The van der Waals surface area contributed by atoms with Crippen LogP contribution in [0, 0.1) is 12.7 Å². The zero-order valence-corrected chi connectivity index (χ0v) is 13.8. The zero-order chi connectivity index (χ0) is 16.8. The van der Waals surface area contributed by atoms with E-state index >= 15 is 0 Å². The lowest BCUT2D eigenvalue weighted by atomic mass is 10.1. The number of amides is 2. The van der Waals surface area contributed by atoms with E-state index in [1.54, 1.807) is 35.6 Å². The minimum atomic E-state index is -0.264. The Hall–Kier alpha value is -2.53. The highest BCUT2D eigenvalue weighted by molar-refractivity contribution is 7.17. The van der Waals surface area contributed by atoms with Crippen molar-refractivity contribution in [2.45, 2.75) is 13.3 Å². The number of imide groups is 1. The van der Waals surface area contributed by atoms with Crippen LogP contribution in [0.4, 0.5) is 4.39 Å². The first-order valence-electron chi connectivity index (χ1n) is 7.67. The molecule has 0 atom stereocenters. The van der Waals surface area contributed by atoms with Gasteiger partial charge in [0.15, 0.2) is 0 Å². The van der Waals surface area contributed by atoms with Crippen LogP contribution in [-0.2, 0) is 6.42 Å². The minimum Gasteiger partial charge on any atom is -0.274 e. The van der Waals surface area contributed by atoms with Gasteiger partial charge in [0.25, 0.3) is 11.8 Å². The average molecular weight is 339 g/mol. The van der Waals surface area contributed by atoms with Gasteiger partial charge in [0.05, 0.1) is 11.1 Å². The molecule has 24 heavy (non-hydrogen) atoms. The van der Waals surface area contributed by atoms with Gasteiger partial charge >= 0.3 is 0 Å². The van der Waals surface area contributed by atoms with Gasteiger partial charge < -0.3 is 0 Å². The van der Waals surface area contributed by atoms with E-state index in [0.717, 1.165) is 21.2 Å². The van der Waals surface area contributed by atoms with Gasteiger partial charge in [-0.3, -0.25) is 14.5 Å². The third-order valence-electron chi connectivity index (χ3n) is 4.39. The van der Waals surface area contributed by atoms with Gasteiger partial charge in [0.1, 0.15) is 5.82 Å². The second kappa shape index (κ2) is 5.53. The van der Waals surface area contributed by atoms with Crippen molar-refractivity contribution >= 4 is 33.2 Å². The SMILES string of the molecule is Cc1cc(F)cc2c(CCN3C(=O)c4ccccc4C3=O)csc12. The quantitative estimate of drug-likeness (QED) is 0.671. The summed E-state index contributed by atoms with van der Waals surface area (Å²) in [6.45, 7) is 2.18. The molecule has 5 heteroatoms. The maximum atomic E-state index is 13.7. The molecule has 0 saturated heterocycles. The number of hydrogen-bond acceptors (Lipinski definition) is 3. The number of carbonyl (C=O) groups is 2. The molecule has 0 saturated carbocycles. The molecule has 1 aromatic heterocycles. The Morgan fingerprint density at radius 1 is 1.08 bits per heavy atom. The number of rotatable bonds is 3. The fraction of sp³-hybridized carbons (Fsp3) is 0.158. The lowest BCUT2D eigenvalue weighted by Gasteiger charge is -2.13. The van der Waals surface area contributed by atoms with Crippen LogP contribution in [0.3, 0.4) is 0 Å². The Morgan fingerprint density at radius 3 is 2.42 bits per heavy atom. The first-order valence-corrected chi connectivity index (χ1v) is 8.55. The Labute approximate surface area is 142 Å². The number of aryl methyl sites for hydroxylation is 1. The van der Waals surface area contributed by atoms with Crippen molar-refractivity contribution in [3.8, 4) is 0 Å². The summed E-state index contributed by atoms with van der Waals surface area (Å²) in [5.41, 5.74) is 2.79. The van der Waals surface area contributed by atoms with Gasteiger partial charge in [0.2, 0.25) is 0 Å². The lowest BCUT2D eigenvalue weighted by Crippen LogP contribution is -2.31. The van der Waals surface area contributed by atoms with E-state index in [4.69, 9.17) is 0 Å². The number of hydrogen-bond donors (Lipinski definition) is 0. The number of nitrogens with zero attached hydrogens (tertiary/aromatic N) is 1. The molecule has 0 bridgehead atoms. The molecule has 0 spiro atoms. The second-order valence-electron chi connectivity index (χ2n) is 5.92. The summed E-state index contributed by atoms with van der Waals surface area (Å²) in [6.07, 6.45) is 0.522. The molecule has 4 rings (SSSR count). The van der Waals surface area contributed by atoms with Crippen LogP contribution in [0.5, 0.6) is 0 Å². The summed E-state index contributed by atoms with van der Waals surface area (Å²) >= 11 is 1.57. The summed E-state index contributed by atoms with van der Waals surface area (Å²) < 4.78 is 14.7. The first-order chi connectivity index (χ1) is 11.6. The fourth-order valence-corrected chi connectivity index (χ4v) is 4.25. The van der Waals surface area contributed by atoms with E-state index in [1.807, 2.05) is 12.3 Å². The minimum absolute atomic E-state index is 0.252. The van der Waals surface area contributed by atoms with E-state index in [-0.39, 0.29) is 17.6 Å². The van der Waals surface area contributed by atoms with Crippen LogP contribution in [-0.4, -0.2) is 23.3 Å². The average Bonchev–Trinajstić information content (AvgIpc) is 3.07. The molecule has 0 N–H and O–H groups in total. The summed E-state index contributed by atoms with van der Waals surface area (Å²) in [5, 5.41) is 2.85. The monoisotopic (exact) mass is 339 g/mol. The molecule has 1 aliphatic rings. The van der Waals surface area contributed by atoms with Crippen LogP contribution in [0.2, 0.25) is 0 Å². The molecule has 2 heterocycles. The molecule has 0 fully saturated rings. The van der Waals surface area contributed by atoms with Crippen molar-refractivity contribution in [3.63, 3.8) is 0 Å². The highest BCUT2D eigenvalue weighted by Gasteiger charge is 2.34. The molecule has 1 aliphatic heterocycles. The van der Waals surface area contributed by atoms with Gasteiger partial charge in [-0.15, -0.1) is 11.3 Å². The number of halogens is 1. The maximum absolute atomic E-state index is 13.7. The highest BCUT2D eigenvalue weighted by atomic mass is 32.1. The van der Waals surface area contributed by atoms with E-state index in [2.05, 4.69) is 0 Å². The third kappa shape index (κ3) is 2.24. The molecular weight excluding hydrogens is 325 g/mol. The van der Waals surface area contributed by atoms with Crippen molar-refractivity contribution < 1.29 is 14.0 Å². The first kappa shape index (κ1) is 15.0. The Morgan fingerprint density at radius 2 is 1.75 bits per heavy atom. The smallest absolute Gasteiger partial charge is 0.261 e. The van der Waals surface area contributed by atoms with Gasteiger partial charge in [-0.1, -0.05) is 12.1 Å². The number of carbonyl (C=O) groups excluding carboxylic acids is 2. The van der Waals surface area contributed by atoms with E-state index < -0.39 is 0 Å². The van der Waals surface area contributed by atoms with Crippen LogP contribution >= 0.6 is 11.3 Å². The van der Waals surface area contributed by atoms with E-state index in [1.165, 1.54) is 17.0 Å². The molecule has 3 aromatic rings. The Bertz CT molecular complexity index is 957. The normalized spacial score (nSPS) is 13.8. The summed E-state index contributed by atoms with van der Waals surface area (Å²) in [4.78, 5) is 26.1. The lowest BCUT2D eigenvalue weighted by molar-refractivity contribution is 0.0656.